The van der Waals surface area contributed by atoms with Crippen LogP contribution in [0.5, 0.6) is 0 Å². The number of hydrogen-bond donors (Lipinski definition) is 2. The lowest BCUT2D eigenvalue weighted by atomic mass is 10.0. The maximum absolute atomic E-state index is 12.7. The summed E-state index contributed by atoms with van der Waals surface area (Å²) in [5.74, 6) is -2.57. The van der Waals surface area contributed by atoms with Gasteiger partial charge in [0.25, 0.3) is 0 Å². The molecule has 0 saturated heterocycles. The van der Waals surface area contributed by atoms with Crippen LogP contribution in [0.15, 0.2) is 27.4 Å². The maximum atomic E-state index is 12.7. The fraction of sp³-hybridized carbons (Fsp3) is 0.176. The van der Waals surface area contributed by atoms with Crippen LogP contribution in [-0.2, 0) is 11.2 Å². The van der Waals surface area contributed by atoms with E-state index in [-0.39, 0.29) is 22.4 Å². The number of aliphatic carboxylic acids is 1. The SMILES string of the molecule is Cc1cc(C)c2oc3nc(CC(=O)O)c(C(=O)O)cc3c(=O)c2c1. The second kappa shape index (κ2) is 5.45. The summed E-state index contributed by atoms with van der Waals surface area (Å²) in [5, 5.41) is 18.5. The fourth-order valence-corrected chi connectivity index (χ4v) is 2.74. The molecular weight excluding hydrogens is 314 g/mol. The van der Waals surface area contributed by atoms with Crippen molar-refractivity contribution in [2.24, 2.45) is 0 Å². The van der Waals surface area contributed by atoms with Gasteiger partial charge >= 0.3 is 11.9 Å². The van der Waals surface area contributed by atoms with Gasteiger partial charge in [-0.05, 0) is 37.1 Å². The second-order valence-electron chi connectivity index (χ2n) is 5.60. The largest absolute Gasteiger partial charge is 0.481 e. The van der Waals surface area contributed by atoms with Gasteiger partial charge in [0.1, 0.15) is 5.58 Å². The van der Waals surface area contributed by atoms with Gasteiger partial charge in [0, 0.05) is 0 Å². The van der Waals surface area contributed by atoms with Crippen LogP contribution in [0.2, 0.25) is 0 Å². The molecule has 0 fully saturated rings. The summed E-state index contributed by atoms with van der Waals surface area (Å²) in [6.45, 7) is 3.63. The van der Waals surface area contributed by atoms with Crippen molar-refractivity contribution in [2.45, 2.75) is 20.3 Å². The minimum atomic E-state index is -1.35. The number of carboxylic acids is 2. The summed E-state index contributed by atoms with van der Waals surface area (Å²) < 4.78 is 5.67. The number of fused-ring (bicyclic) bond motifs is 2. The molecular formula is C17H13NO6. The first-order valence-corrected chi connectivity index (χ1v) is 7.10. The molecule has 7 nitrogen and oxygen atoms in total. The van der Waals surface area contributed by atoms with Crippen LogP contribution in [0, 0.1) is 13.8 Å². The lowest BCUT2D eigenvalue weighted by Crippen LogP contribution is -2.13. The number of aromatic nitrogens is 1. The topological polar surface area (TPSA) is 118 Å². The first kappa shape index (κ1) is 15.7. The smallest absolute Gasteiger partial charge is 0.337 e. The van der Waals surface area contributed by atoms with E-state index in [9.17, 15) is 19.5 Å². The number of aromatic carboxylic acids is 1. The molecule has 0 unspecified atom stereocenters. The molecule has 2 heterocycles. The molecule has 2 N–H and O–H groups in total. The standard InChI is InChI=1S/C17H13NO6/c1-7-3-8(2)15-10(4-7)14(21)11-5-9(17(22)23)12(6-13(19)20)18-16(11)24-15/h3-5H,6H2,1-2H3,(H,19,20)(H,22,23). The zero-order valence-electron chi connectivity index (χ0n) is 12.9. The van der Waals surface area contributed by atoms with E-state index in [1.54, 1.807) is 13.0 Å². The highest BCUT2D eigenvalue weighted by Crippen LogP contribution is 2.23. The highest BCUT2D eigenvalue weighted by molar-refractivity contribution is 5.96. The van der Waals surface area contributed by atoms with E-state index < -0.39 is 23.8 Å². The van der Waals surface area contributed by atoms with Crippen molar-refractivity contribution < 1.29 is 24.2 Å². The Balaban J connectivity index is 2.45. The van der Waals surface area contributed by atoms with Crippen LogP contribution in [0.25, 0.3) is 22.1 Å². The molecule has 24 heavy (non-hydrogen) atoms. The first-order valence-electron chi connectivity index (χ1n) is 7.10. The Labute approximate surface area is 135 Å². The van der Waals surface area contributed by atoms with Gasteiger partial charge < -0.3 is 14.6 Å². The van der Waals surface area contributed by atoms with Crippen LogP contribution in [0.4, 0.5) is 0 Å². The monoisotopic (exact) mass is 327 g/mol. The number of benzene rings is 1. The van der Waals surface area contributed by atoms with E-state index in [1.165, 1.54) is 0 Å². The van der Waals surface area contributed by atoms with Crippen molar-refractivity contribution >= 4 is 34.0 Å². The highest BCUT2D eigenvalue weighted by Gasteiger charge is 2.19. The third kappa shape index (κ3) is 2.50. The summed E-state index contributed by atoms with van der Waals surface area (Å²) in [6, 6.07) is 4.64. The molecule has 0 atom stereocenters. The summed E-state index contributed by atoms with van der Waals surface area (Å²) in [4.78, 5) is 39.0. The van der Waals surface area contributed by atoms with Crippen LogP contribution in [-0.4, -0.2) is 27.1 Å². The second-order valence-corrected chi connectivity index (χ2v) is 5.60. The zero-order valence-corrected chi connectivity index (χ0v) is 12.9. The zero-order chi connectivity index (χ0) is 17.6. The van der Waals surface area contributed by atoms with E-state index in [0.29, 0.717) is 11.0 Å². The molecule has 0 radical (unpaired) electrons. The number of aryl methyl sites for hydroxylation is 2. The van der Waals surface area contributed by atoms with Crippen molar-refractivity contribution in [3.05, 3.63) is 50.8 Å². The van der Waals surface area contributed by atoms with E-state index in [0.717, 1.165) is 17.2 Å². The van der Waals surface area contributed by atoms with Crippen molar-refractivity contribution in [1.82, 2.24) is 4.98 Å². The molecule has 3 rings (SSSR count). The van der Waals surface area contributed by atoms with Gasteiger partial charge in [0.15, 0.2) is 0 Å². The van der Waals surface area contributed by atoms with Gasteiger partial charge in [-0.15, -0.1) is 0 Å². The van der Waals surface area contributed by atoms with Gasteiger partial charge in [0.05, 0.1) is 28.5 Å². The van der Waals surface area contributed by atoms with Gasteiger partial charge in [-0.25, -0.2) is 9.78 Å². The molecule has 122 valence electrons. The van der Waals surface area contributed by atoms with Crippen molar-refractivity contribution in [2.75, 3.05) is 0 Å². The Morgan fingerprint density at radius 2 is 1.83 bits per heavy atom. The molecule has 0 aliphatic heterocycles. The number of rotatable bonds is 3. The van der Waals surface area contributed by atoms with Crippen molar-refractivity contribution in [3.63, 3.8) is 0 Å². The Bertz CT molecular complexity index is 1080. The number of carboxylic acid groups (broad SMARTS) is 2. The van der Waals surface area contributed by atoms with Crippen LogP contribution < -0.4 is 5.43 Å². The van der Waals surface area contributed by atoms with Gasteiger partial charge in [-0.2, -0.15) is 0 Å². The van der Waals surface area contributed by atoms with Gasteiger partial charge in [0.2, 0.25) is 11.1 Å². The minimum absolute atomic E-state index is 0.0130. The Morgan fingerprint density at radius 3 is 2.46 bits per heavy atom. The Morgan fingerprint density at radius 1 is 1.12 bits per heavy atom. The van der Waals surface area contributed by atoms with E-state index >= 15 is 0 Å². The average Bonchev–Trinajstić information content (AvgIpc) is 2.47. The molecule has 0 saturated carbocycles. The van der Waals surface area contributed by atoms with Gasteiger partial charge in [-0.1, -0.05) is 6.07 Å². The number of pyridine rings is 1. The normalized spacial score (nSPS) is 11.1. The molecule has 0 aliphatic carbocycles. The lowest BCUT2D eigenvalue weighted by Gasteiger charge is -2.08. The van der Waals surface area contributed by atoms with E-state index in [1.807, 2.05) is 13.0 Å². The van der Waals surface area contributed by atoms with Crippen LogP contribution in [0.1, 0.15) is 27.2 Å². The fourth-order valence-electron chi connectivity index (χ4n) is 2.74. The Kier molecular flexibility index (Phi) is 3.56. The maximum Gasteiger partial charge on any atom is 0.337 e. The summed E-state index contributed by atoms with van der Waals surface area (Å²) in [5.41, 5.74) is 1.04. The predicted octanol–water partition coefficient (Wildman–Crippen LogP) is 2.28. The molecule has 3 aromatic rings. The quantitative estimate of drug-likeness (QED) is 0.708. The molecule has 2 aromatic heterocycles. The van der Waals surface area contributed by atoms with Crippen molar-refractivity contribution in [1.29, 1.82) is 0 Å². The molecule has 1 aromatic carbocycles. The molecule has 7 heteroatoms. The Hall–Kier alpha value is -3.22. The number of nitrogens with zero attached hydrogens (tertiary/aromatic N) is 1. The molecule has 0 amide bonds. The van der Waals surface area contributed by atoms with Crippen LogP contribution >= 0.6 is 0 Å². The lowest BCUT2D eigenvalue weighted by molar-refractivity contribution is -0.136. The van der Waals surface area contributed by atoms with E-state index in [4.69, 9.17) is 9.52 Å². The first-order chi connectivity index (χ1) is 11.3. The third-order valence-corrected chi connectivity index (χ3v) is 3.72. The third-order valence-electron chi connectivity index (χ3n) is 3.72. The summed E-state index contributed by atoms with van der Waals surface area (Å²) >= 11 is 0. The average molecular weight is 327 g/mol. The minimum Gasteiger partial charge on any atom is -0.481 e. The summed E-state index contributed by atoms with van der Waals surface area (Å²) in [7, 11) is 0. The number of hydrogen-bond acceptors (Lipinski definition) is 5. The highest BCUT2D eigenvalue weighted by atomic mass is 16.4. The predicted molar refractivity (Wildman–Crippen MR) is 85.6 cm³/mol. The molecule has 0 spiro atoms. The molecule has 0 bridgehead atoms. The molecule has 0 aliphatic rings. The van der Waals surface area contributed by atoms with Crippen LogP contribution in [0.3, 0.4) is 0 Å². The van der Waals surface area contributed by atoms with E-state index in [2.05, 4.69) is 4.98 Å². The van der Waals surface area contributed by atoms with Crippen molar-refractivity contribution in [3.8, 4) is 0 Å². The summed E-state index contributed by atoms with van der Waals surface area (Å²) in [6.07, 6.45) is -0.577. The van der Waals surface area contributed by atoms with Gasteiger partial charge in [-0.3, -0.25) is 9.59 Å². The number of carbonyl (C=O) groups is 2.